The smallest absolute Gasteiger partial charge is 0.107 e. The summed E-state index contributed by atoms with van der Waals surface area (Å²) in [5.74, 6) is 0. The van der Waals surface area contributed by atoms with E-state index in [1.54, 1.807) is 0 Å². The Labute approximate surface area is 131 Å². The van der Waals surface area contributed by atoms with Crippen molar-refractivity contribution in [1.82, 2.24) is 4.90 Å². The van der Waals surface area contributed by atoms with Crippen LogP contribution in [0.25, 0.3) is 0 Å². The molecule has 1 saturated heterocycles. The van der Waals surface area contributed by atoms with Gasteiger partial charge in [0.1, 0.15) is 4.99 Å². The lowest BCUT2D eigenvalue weighted by atomic mass is 10.1. The van der Waals surface area contributed by atoms with E-state index >= 15 is 0 Å². The lowest BCUT2D eigenvalue weighted by molar-refractivity contribution is 0.180. The third kappa shape index (κ3) is 3.84. The molecular weight excluding hydrogens is 290 g/mol. The summed E-state index contributed by atoms with van der Waals surface area (Å²) in [5, 5.41) is 4.04. The van der Waals surface area contributed by atoms with Crippen LogP contribution < -0.4 is 11.1 Å². The minimum absolute atomic E-state index is 0.337. The molecule has 0 saturated carbocycles. The quantitative estimate of drug-likeness (QED) is 0.819. The molecule has 1 atom stereocenters. The molecule has 0 radical (unpaired) electrons. The molecule has 1 aromatic carbocycles. The minimum atomic E-state index is 0.337. The summed E-state index contributed by atoms with van der Waals surface area (Å²) in [6, 6.07) is 6.20. The Bertz CT molecular complexity index is 472. The average Bonchev–Trinajstić information content (AvgIpc) is 2.45. The topological polar surface area (TPSA) is 41.3 Å². The van der Waals surface area contributed by atoms with Gasteiger partial charge in [0.25, 0.3) is 0 Å². The van der Waals surface area contributed by atoms with Crippen molar-refractivity contribution in [1.29, 1.82) is 0 Å². The highest BCUT2D eigenvalue weighted by Crippen LogP contribution is 2.24. The number of piperidine rings is 1. The number of anilines is 1. The Kier molecular flexibility index (Phi) is 5.64. The molecule has 0 spiro atoms. The molecular formula is C15H22ClN3S. The van der Waals surface area contributed by atoms with Crippen LogP contribution in [0, 0.1) is 0 Å². The molecule has 1 unspecified atom stereocenters. The summed E-state index contributed by atoms with van der Waals surface area (Å²) in [6.45, 7) is 5.51. The fourth-order valence-electron chi connectivity index (χ4n) is 2.67. The molecule has 0 aliphatic carbocycles. The van der Waals surface area contributed by atoms with Crippen molar-refractivity contribution >= 4 is 34.5 Å². The van der Waals surface area contributed by atoms with E-state index in [1.807, 2.05) is 18.2 Å². The zero-order valence-electron chi connectivity index (χ0n) is 11.9. The van der Waals surface area contributed by atoms with Gasteiger partial charge >= 0.3 is 0 Å². The normalized spacial score (nSPS) is 17.7. The third-order valence-corrected chi connectivity index (χ3v) is 4.38. The lowest BCUT2D eigenvalue weighted by Crippen LogP contribution is -2.41. The van der Waals surface area contributed by atoms with Gasteiger partial charge in [-0.2, -0.15) is 0 Å². The standard InChI is InChI=1S/C15H22ClN3S/c1-11(19-8-3-2-4-9-19)10-18-13-7-5-6-12(16)14(13)15(17)20/h5-7,11,18H,2-4,8-10H2,1H3,(H2,17,20). The predicted molar refractivity (Wildman–Crippen MR) is 90.7 cm³/mol. The molecule has 20 heavy (non-hydrogen) atoms. The number of hydrogen-bond acceptors (Lipinski definition) is 3. The first-order valence-electron chi connectivity index (χ1n) is 7.16. The van der Waals surface area contributed by atoms with Crippen LogP contribution in [0.1, 0.15) is 31.7 Å². The SMILES string of the molecule is CC(CNc1cccc(Cl)c1C(N)=S)N1CCCCC1. The fourth-order valence-corrected chi connectivity index (χ4v) is 3.22. The molecule has 0 amide bonds. The largest absolute Gasteiger partial charge is 0.389 e. The molecule has 1 fully saturated rings. The highest BCUT2D eigenvalue weighted by molar-refractivity contribution is 7.80. The monoisotopic (exact) mass is 311 g/mol. The van der Waals surface area contributed by atoms with Gasteiger partial charge in [-0.25, -0.2) is 0 Å². The maximum atomic E-state index is 6.17. The van der Waals surface area contributed by atoms with Gasteiger partial charge in [-0.15, -0.1) is 0 Å². The number of benzene rings is 1. The summed E-state index contributed by atoms with van der Waals surface area (Å²) in [5.41, 5.74) is 7.43. The second kappa shape index (κ2) is 7.25. The summed E-state index contributed by atoms with van der Waals surface area (Å²) in [6.07, 6.45) is 3.97. The fraction of sp³-hybridized carbons (Fsp3) is 0.533. The molecule has 1 aromatic rings. The zero-order chi connectivity index (χ0) is 14.5. The van der Waals surface area contributed by atoms with Crippen molar-refractivity contribution in [2.24, 2.45) is 5.73 Å². The summed E-state index contributed by atoms with van der Waals surface area (Å²) >= 11 is 11.3. The van der Waals surface area contributed by atoms with Crippen LogP contribution in [0.4, 0.5) is 5.69 Å². The van der Waals surface area contributed by atoms with Crippen molar-refractivity contribution in [3.05, 3.63) is 28.8 Å². The van der Waals surface area contributed by atoms with Crippen LogP contribution >= 0.6 is 23.8 Å². The molecule has 5 heteroatoms. The molecule has 1 aliphatic rings. The molecule has 1 heterocycles. The third-order valence-electron chi connectivity index (χ3n) is 3.86. The van der Waals surface area contributed by atoms with Crippen LogP contribution in [-0.2, 0) is 0 Å². The van der Waals surface area contributed by atoms with Crippen molar-refractivity contribution < 1.29 is 0 Å². The Hall–Kier alpha value is -0.840. The van der Waals surface area contributed by atoms with Gasteiger partial charge in [0.15, 0.2) is 0 Å². The molecule has 3 N–H and O–H groups in total. The molecule has 0 bridgehead atoms. The molecule has 1 aliphatic heterocycles. The van der Waals surface area contributed by atoms with E-state index < -0.39 is 0 Å². The van der Waals surface area contributed by atoms with Gasteiger partial charge in [-0.1, -0.05) is 36.3 Å². The first kappa shape index (κ1) is 15.5. The number of nitrogens with one attached hydrogen (secondary N) is 1. The van der Waals surface area contributed by atoms with Gasteiger partial charge < -0.3 is 11.1 Å². The summed E-state index contributed by atoms with van der Waals surface area (Å²) in [7, 11) is 0. The maximum absolute atomic E-state index is 6.17. The Balaban J connectivity index is 2.00. The van der Waals surface area contributed by atoms with Crippen LogP contribution in [-0.4, -0.2) is 35.6 Å². The first-order chi connectivity index (χ1) is 9.59. The van der Waals surface area contributed by atoms with Gasteiger partial charge in [0.05, 0.1) is 10.6 Å². The number of nitrogens with zero attached hydrogens (tertiary/aromatic N) is 1. The number of halogens is 1. The van der Waals surface area contributed by atoms with Gasteiger partial charge in [-0.05, 0) is 45.0 Å². The second-order valence-electron chi connectivity index (χ2n) is 5.35. The van der Waals surface area contributed by atoms with E-state index in [1.165, 1.54) is 32.4 Å². The van der Waals surface area contributed by atoms with E-state index in [4.69, 9.17) is 29.6 Å². The lowest BCUT2D eigenvalue weighted by Gasteiger charge is -2.32. The second-order valence-corrected chi connectivity index (χ2v) is 6.20. The van der Waals surface area contributed by atoms with Crippen molar-refractivity contribution in [3.63, 3.8) is 0 Å². The Morgan fingerprint density at radius 2 is 2.10 bits per heavy atom. The van der Waals surface area contributed by atoms with Crippen LogP contribution in [0.5, 0.6) is 0 Å². The highest BCUT2D eigenvalue weighted by Gasteiger charge is 2.17. The molecule has 110 valence electrons. The number of thiocarbonyl (C=S) groups is 1. The number of hydrogen-bond donors (Lipinski definition) is 2. The van der Waals surface area contributed by atoms with Crippen molar-refractivity contribution in [2.75, 3.05) is 25.0 Å². The zero-order valence-corrected chi connectivity index (χ0v) is 13.4. The van der Waals surface area contributed by atoms with Crippen molar-refractivity contribution in [3.8, 4) is 0 Å². The number of nitrogens with two attached hydrogens (primary N) is 1. The Morgan fingerprint density at radius 3 is 2.75 bits per heavy atom. The van der Waals surface area contributed by atoms with E-state index in [2.05, 4.69) is 17.1 Å². The van der Waals surface area contributed by atoms with Crippen LogP contribution in [0.2, 0.25) is 5.02 Å². The van der Waals surface area contributed by atoms with Gasteiger partial charge in [0, 0.05) is 18.3 Å². The van der Waals surface area contributed by atoms with Crippen LogP contribution in [0.15, 0.2) is 18.2 Å². The minimum Gasteiger partial charge on any atom is -0.389 e. The molecule has 3 nitrogen and oxygen atoms in total. The average molecular weight is 312 g/mol. The molecule has 2 rings (SSSR count). The summed E-state index contributed by atoms with van der Waals surface area (Å²) in [4.78, 5) is 2.87. The van der Waals surface area contributed by atoms with E-state index in [-0.39, 0.29) is 0 Å². The van der Waals surface area contributed by atoms with E-state index in [0.717, 1.165) is 17.8 Å². The van der Waals surface area contributed by atoms with Gasteiger partial charge in [0.2, 0.25) is 0 Å². The first-order valence-corrected chi connectivity index (χ1v) is 7.94. The number of likely N-dealkylation sites (tertiary alicyclic amines) is 1. The Morgan fingerprint density at radius 1 is 1.40 bits per heavy atom. The maximum Gasteiger partial charge on any atom is 0.107 e. The van der Waals surface area contributed by atoms with E-state index in [0.29, 0.717) is 16.1 Å². The van der Waals surface area contributed by atoms with Crippen LogP contribution in [0.3, 0.4) is 0 Å². The highest BCUT2D eigenvalue weighted by atomic mass is 35.5. The summed E-state index contributed by atoms with van der Waals surface area (Å²) < 4.78 is 0. The number of rotatable bonds is 5. The molecule has 0 aromatic heterocycles. The van der Waals surface area contributed by atoms with Crippen molar-refractivity contribution in [2.45, 2.75) is 32.2 Å². The van der Waals surface area contributed by atoms with Gasteiger partial charge in [-0.3, -0.25) is 4.90 Å². The van der Waals surface area contributed by atoms with E-state index in [9.17, 15) is 0 Å². The predicted octanol–water partition coefficient (Wildman–Crippen LogP) is 3.26.